The van der Waals surface area contributed by atoms with Crippen molar-refractivity contribution in [3.8, 4) is 5.75 Å². The Morgan fingerprint density at radius 1 is 1.21 bits per heavy atom. The van der Waals surface area contributed by atoms with Gasteiger partial charge in [-0.1, -0.05) is 0 Å². The Bertz CT molecular complexity index is 897. The molecule has 8 nitrogen and oxygen atoms in total. The third-order valence-electron chi connectivity index (χ3n) is 4.53. The van der Waals surface area contributed by atoms with Crippen molar-refractivity contribution >= 4 is 17.7 Å². The number of amides is 2. The summed E-state index contributed by atoms with van der Waals surface area (Å²) in [5.41, 5.74) is 2.12. The quantitative estimate of drug-likeness (QED) is 0.850. The molecule has 1 aliphatic heterocycles. The molecule has 0 spiro atoms. The van der Waals surface area contributed by atoms with Crippen LogP contribution in [0.25, 0.3) is 0 Å². The molecule has 1 aromatic carbocycles. The first-order valence-corrected chi connectivity index (χ1v) is 9.75. The lowest BCUT2D eigenvalue weighted by Gasteiger charge is -2.30. The predicted octanol–water partition coefficient (Wildman–Crippen LogP) is 3.36. The number of carbonyl (C=O) groups is 2. The van der Waals surface area contributed by atoms with Gasteiger partial charge >= 0.3 is 6.09 Å². The fraction of sp³-hybridized carbons (Fsp3) is 0.476. The highest BCUT2D eigenvalue weighted by Gasteiger charge is 2.31. The summed E-state index contributed by atoms with van der Waals surface area (Å²) in [7, 11) is 1.82. The topological polar surface area (TPSA) is 85.7 Å². The predicted molar refractivity (Wildman–Crippen MR) is 109 cm³/mol. The molecule has 0 aliphatic carbocycles. The Balaban J connectivity index is 1.76. The molecule has 0 atom stereocenters. The maximum absolute atomic E-state index is 12.9. The van der Waals surface area contributed by atoms with E-state index in [1.165, 1.54) is 0 Å². The first kappa shape index (κ1) is 20.7. The summed E-state index contributed by atoms with van der Waals surface area (Å²) in [6, 6.07) is 7.17. The molecule has 0 radical (unpaired) electrons. The maximum atomic E-state index is 12.9. The number of hydrogen-bond donors (Lipinski definition) is 1. The number of fused-ring (bicyclic) bond motifs is 1. The molecule has 0 saturated carbocycles. The number of nitrogens with zero attached hydrogens (tertiary/aromatic N) is 3. The number of ether oxygens (including phenoxy) is 2. The Kier molecular flexibility index (Phi) is 5.81. The zero-order valence-electron chi connectivity index (χ0n) is 17.6. The smallest absolute Gasteiger partial charge is 0.410 e. The molecule has 0 saturated heterocycles. The maximum Gasteiger partial charge on any atom is 0.410 e. The number of rotatable bonds is 4. The summed E-state index contributed by atoms with van der Waals surface area (Å²) in [5, 5.41) is 7.27. The number of benzene rings is 1. The summed E-state index contributed by atoms with van der Waals surface area (Å²) in [4.78, 5) is 26.9. The molecule has 1 aliphatic rings. The molecule has 0 fully saturated rings. The van der Waals surface area contributed by atoms with Gasteiger partial charge in [-0.15, -0.1) is 0 Å². The lowest BCUT2D eigenvalue weighted by atomic mass is 10.0. The third kappa shape index (κ3) is 4.88. The van der Waals surface area contributed by atoms with Gasteiger partial charge in [-0.25, -0.2) is 4.79 Å². The van der Waals surface area contributed by atoms with Crippen LogP contribution in [0.2, 0.25) is 0 Å². The van der Waals surface area contributed by atoms with Gasteiger partial charge in [0.05, 0.1) is 13.2 Å². The first-order chi connectivity index (χ1) is 13.7. The highest BCUT2D eigenvalue weighted by Crippen LogP contribution is 2.25. The van der Waals surface area contributed by atoms with E-state index in [-0.39, 0.29) is 12.0 Å². The van der Waals surface area contributed by atoms with Gasteiger partial charge in [-0.3, -0.25) is 9.48 Å². The average Bonchev–Trinajstić information content (AvgIpc) is 2.98. The van der Waals surface area contributed by atoms with Crippen LogP contribution in [0.4, 0.5) is 10.5 Å². The van der Waals surface area contributed by atoms with Gasteiger partial charge in [0.2, 0.25) is 0 Å². The van der Waals surface area contributed by atoms with Gasteiger partial charge in [-0.2, -0.15) is 5.10 Å². The van der Waals surface area contributed by atoms with Crippen molar-refractivity contribution in [3.63, 3.8) is 0 Å². The zero-order chi connectivity index (χ0) is 21.2. The van der Waals surface area contributed by atoms with Crippen molar-refractivity contribution in [2.24, 2.45) is 7.05 Å². The highest BCUT2D eigenvalue weighted by atomic mass is 16.6. The summed E-state index contributed by atoms with van der Waals surface area (Å²) >= 11 is 0. The normalized spacial score (nSPS) is 13.6. The second kappa shape index (κ2) is 8.14. The van der Waals surface area contributed by atoms with E-state index in [1.807, 2.05) is 34.7 Å². The number of aryl methyl sites for hydroxylation is 1. The minimum atomic E-state index is -0.569. The van der Waals surface area contributed by atoms with Gasteiger partial charge in [0.15, 0.2) is 5.69 Å². The van der Waals surface area contributed by atoms with Crippen molar-refractivity contribution in [2.75, 3.05) is 18.5 Å². The monoisotopic (exact) mass is 400 g/mol. The summed E-state index contributed by atoms with van der Waals surface area (Å²) < 4.78 is 12.6. The molecule has 29 heavy (non-hydrogen) atoms. The van der Waals surface area contributed by atoms with Crippen molar-refractivity contribution in [2.45, 2.75) is 46.3 Å². The third-order valence-corrected chi connectivity index (χ3v) is 4.53. The van der Waals surface area contributed by atoms with Gasteiger partial charge in [0.1, 0.15) is 11.4 Å². The molecule has 2 aromatic rings. The van der Waals surface area contributed by atoms with Gasteiger partial charge in [0, 0.05) is 37.0 Å². The van der Waals surface area contributed by atoms with Crippen molar-refractivity contribution < 1.29 is 19.1 Å². The molecule has 1 aromatic heterocycles. The van der Waals surface area contributed by atoms with E-state index >= 15 is 0 Å². The number of aromatic nitrogens is 2. The van der Waals surface area contributed by atoms with Crippen molar-refractivity contribution in [3.05, 3.63) is 41.2 Å². The van der Waals surface area contributed by atoms with Gasteiger partial charge < -0.3 is 19.7 Å². The van der Waals surface area contributed by atoms with Crippen LogP contribution in [0.1, 0.15) is 49.4 Å². The average molecular weight is 400 g/mol. The second-order valence-corrected chi connectivity index (χ2v) is 7.96. The highest BCUT2D eigenvalue weighted by molar-refractivity contribution is 6.04. The molecule has 156 valence electrons. The second-order valence-electron chi connectivity index (χ2n) is 7.96. The number of carbonyl (C=O) groups excluding carboxylic acids is 2. The largest absolute Gasteiger partial charge is 0.494 e. The molecular formula is C21H28N4O4. The zero-order valence-corrected chi connectivity index (χ0v) is 17.6. The SMILES string of the molecule is CCOc1ccc(NC(=O)c2nn(C)c3c2CN(C(=O)OC(C)(C)C)CC3)cc1. The molecule has 8 heteroatoms. The Morgan fingerprint density at radius 2 is 1.90 bits per heavy atom. The Morgan fingerprint density at radius 3 is 2.52 bits per heavy atom. The molecule has 1 N–H and O–H groups in total. The van der Waals surface area contributed by atoms with E-state index in [4.69, 9.17) is 9.47 Å². The van der Waals surface area contributed by atoms with Crippen LogP contribution in [0.5, 0.6) is 5.75 Å². The van der Waals surface area contributed by atoms with Crippen LogP contribution >= 0.6 is 0 Å². The molecule has 2 amide bonds. The lowest BCUT2D eigenvalue weighted by molar-refractivity contribution is 0.0222. The van der Waals surface area contributed by atoms with E-state index < -0.39 is 5.60 Å². The van der Waals surface area contributed by atoms with Crippen LogP contribution in [0.15, 0.2) is 24.3 Å². The number of nitrogens with one attached hydrogen (secondary N) is 1. The van der Waals surface area contributed by atoms with Gasteiger partial charge in [-0.05, 0) is 52.0 Å². The molecule has 0 bridgehead atoms. The van der Waals surface area contributed by atoms with E-state index in [0.29, 0.717) is 37.5 Å². The number of anilines is 1. The Labute approximate surface area is 170 Å². The van der Waals surface area contributed by atoms with E-state index in [0.717, 1.165) is 17.0 Å². The van der Waals surface area contributed by atoms with E-state index in [9.17, 15) is 9.59 Å². The lowest BCUT2D eigenvalue weighted by Crippen LogP contribution is -2.40. The molecular weight excluding hydrogens is 372 g/mol. The Hall–Kier alpha value is -3.03. The van der Waals surface area contributed by atoms with Crippen LogP contribution in [0.3, 0.4) is 0 Å². The summed E-state index contributed by atoms with van der Waals surface area (Å²) in [5.74, 6) is 0.436. The number of hydrogen-bond acceptors (Lipinski definition) is 5. The minimum absolute atomic E-state index is 0.296. The fourth-order valence-corrected chi connectivity index (χ4v) is 3.25. The molecule has 2 heterocycles. The standard InChI is InChI=1S/C21H28N4O4/c1-6-28-15-9-7-14(8-10-15)22-19(26)18-16-13-25(20(27)29-21(2,3)4)12-11-17(16)24(5)23-18/h7-10H,6,11-13H2,1-5H3,(H,22,26). The van der Waals surface area contributed by atoms with Crippen LogP contribution in [-0.4, -0.2) is 45.4 Å². The van der Waals surface area contributed by atoms with Crippen molar-refractivity contribution in [1.82, 2.24) is 14.7 Å². The van der Waals surface area contributed by atoms with Crippen LogP contribution < -0.4 is 10.1 Å². The first-order valence-electron chi connectivity index (χ1n) is 9.75. The van der Waals surface area contributed by atoms with Gasteiger partial charge in [0.25, 0.3) is 5.91 Å². The molecule has 0 unspecified atom stereocenters. The summed E-state index contributed by atoms with van der Waals surface area (Å²) in [6.45, 7) is 8.83. The van der Waals surface area contributed by atoms with Crippen LogP contribution in [0, 0.1) is 0 Å². The van der Waals surface area contributed by atoms with E-state index in [2.05, 4.69) is 10.4 Å². The van der Waals surface area contributed by atoms with Crippen LogP contribution in [-0.2, 0) is 24.8 Å². The van der Waals surface area contributed by atoms with Crippen molar-refractivity contribution in [1.29, 1.82) is 0 Å². The van der Waals surface area contributed by atoms with E-state index in [1.54, 1.807) is 33.8 Å². The summed E-state index contributed by atoms with van der Waals surface area (Å²) in [6.07, 6.45) is 0.235. The molecule has 3 rings (SSSR count). The fourth-order valence-electron chi connectivity index (χ4n) is 3.25. The minimum Gasteiger partial charge on any atom is -0.494 e.